The number of rotatable bonds is 3. The van der Waals surface area contributed by atoms with Crippen LogP contribution in [0.15, 0.2) is 48.5 Å². The maximum absolute atomic E-state index is 10.7. The van der Waals surface area contributed by atoms with Gasteiger partial charge in [-0.3, -0.25) is 4.79 Å². The summed E-state index contributed by atoms with van der Waals surface area (Å²) in [6.07, 6.45) is 0.755. The number of nitrogens with two attached hydrogens (primary N) is 1. The first-order valence-electron chi connectivity index (χ1n) is 4.96. The van der Waals surface area contributed by atoms with Crippen molar-refractivity contribution in [1.82, 2.24) is 0 Å². The standard InChI is InChI=1S/C13H12N2O/c14-13-7-6-12(8-10(13)9-16)15-11-4-2-1-3-5-11/h1-9,15H,14H2. The summed E-state index contributed by atoms with van der Waals surface area (Å²) in [5.74, 6) is 0. The minimum atomic E-state index is 0.494. The van der Waals surface area contributed by atoms with E-state index in [1.54, 1.807) is 12.1 Å². The summed E-state index contributed by atoms with van der Waals surface area (Å²) in [7, 11) is 0. The molecule has 2 rings (SSSR count). The average molecular weight is 212 g/mol. The van der Waals surface area contributed by atoms with E-state index >= 15 is 0 Å². The van der Waals surface area contributed by atoms with Crippen LogP contribution in [0.5, 0.6) is 0 Å². The lowest BCUT2D eigenvalue weighted by Crippen LogP contribution is -1.95. The topological polar surface area (TPSA) is 55.1 Å². The molecule has 16 heavy (non-hydrogen) atoms. The molecule has 0 aliphatic carbocycles. The zero-order valence-electron chi connectivity index (χ0n) is 8.68. The third kappa shape index (κ3) is 2.20. The fraction of sp³-hybridized carbons (Fsp3) is 0. The van der Waals surface area contributed by atoms with Gasteiger partial charge in [-0.15, -0.1) is 0 Å². The molecule has 0 radical (unpaired) electrons. The quantitative estimate of drug-likeness (QED) is 0.607. The van der Waals surface area contributed by atoms with E-state index in [9.17, 15) is 4.79 Å². The van der Waals surface area contributed by atoms with E-state index in [1.165, 1.54) is 0 Å². The largest absolute Gasteiger partial charge is 0.398 e. The van der Waals surface area contributed by atoms with Crippen molar-refractivity contribution in [1.29, 1.82) is 0 Å². The van der Waals surface area contributed by atoms with E-state index in [0.29, 0.717) is 11.3 Å². The Morgan fingerprint density at radius 1 is 1.00 bits per heavy atom. The van der Waals surface area contributed by atoms with Crippen LogP contribution in [0.1, 0.15) is 10.4 Å². The molecule has 2 aromatic rings. The molecule has 3 heteroatoms. The van der Waals surface area contributed by atoms with Crippen molar-refractivity contribution in [2.24, 2.45) is 0 Å². The molecule has 0 aromatic heterocycles. The third-order valence-electron chi connectivity index (χ3n) is 2.28. The number of carbonyl (C=O) groups is 1. The van der Waals surface area contributed by atoms with Gasteiger partial charge in [0.15, 0.2) is 6.29 Å². The van der Waals surface area contributed by atoms with E-state index in [4.69, 9.17) is 5.73 Å². The van der Waals surface area contributed by atoms with Gasteiger partial charge in [0.1, 0.15) is 0 Å². The highest BCUT2D eigenvalue weighted by Crippen LogP contribution is 2.20. The summed E-state index contributed by atoms with van der Waals surface area (Å²) in [6, 6.07) is 15.0. The summed E-state index contributed by atoms with van der Waals surface area (Å²) in [6.45, 7) is 0. The van der Waals surface area contributed by atoms with Crippen molar-refractivity contribution in [3.8, 4) is 0 Å². The summed E-state index contributed by atoms with van der Waals surface area (Å²) in [4.78, 5) is 10.7. The Kier molecular flexibility index (Phi) is 2.87. The average Bonchev–Trinajstić information content (AvgIpc) is 2.33. The fourth-order valence-corrected chi connectivity index (χ4v) is 1.44. The monoisotopic (exact) mass is 212 g/mol. The highest BCUT2D eigenvalue weighted by atomic mass is 16.1. The zero-order valence-corrected chi connectivity index (χ0v) is 8.68. The molecule has 0 unspecified atom stereocenters. The highest BCUT2D eigenvalue weighted by molar-refractivity contribution is 5.85. The van der Waals surface area contributed by atoms with Crippen molar-refractivity contribution in [2.45, 2.75) is 0 Å². The van der Waals surface area contributed by atoms with Gasteiger partial charge < -0.3 is 11.1 Å². The van der Waals surface area contributed by atoms with Gasteiger partial charge >= 0.3 is 0 Å². The van der Waals surface area contributed by atoms with Gasteiger partial charge in [-0.25, -0.2) is 0 Å². The molecule has 80 valence electrons. The van der Waals surface area contributed by atoms with Crippen molar-refractivity contribution < 1.29 is 4.79 Å². The Labute approximate surface area is 93.9 Å². The molecule has 2 aromatic carbocycles. The summed E-state index contributed by atoms with van der Waals surface area (Å²) >= 11 is 0. The summed E-state index contributed by atoms with van der Waals surface area (Å²) in [5, 5.41) is 3.19. The Balaban J connectivity index is 2.26. The van der Waals surface area contributed by atoms with E-state index in [2.05, 4.69) is 5.32 Å². The minimum Gasteiger partial charge on any atom is -0.398 e. The Bertz CT molecular complexity index is 495. The molecule has 0 amide bonds. The van der Waals surface area contributed by atoms with Crippen LogP contribution in [0.4, 0.5) is 17.1 Å². The molecule has 0 atom stereocenters. The second-order valence-electron chi connectivity index (χ2n) is 3.45. The van der Waals surface area contributed by atoms with E-state index in [-0.39, 0.29) is 0 Å². The molecule has 0 spiro atoms. The Morgan fingerprint density at radius 2 is 1.75 bits per heavy atom. The Morgan fingerprint density at radius 3 is 2.44 bits per heavy atom. The zero-order chi connectivity index (χ0) is 11.4. The third-order valence-corrected chi connectivity index (χ3v) is 2.28. The van der Waals surface area contributed by atoms with Gasteiger partial charge in [0.05, 0.1) is 0 Å². The first kappa shape index (κ1) is 10.2. The first-order chi connectivity index (χ1) is 7.79. The van der Waals surface area contributed by atoms with Crippen LogP contribution in [-0.4, -0.2) is 6.29 Å². The van der Waals surface area contributed by atoms with Gasteiger partial charge in [-0.1, -0.05) is 18.2 Å². The lowest BCUT2D eigenvalue weighted by atomic mass is 10.1. The molecular formula is C13H12N2O. The predicted molar refractivity (Wildman–Crippen MR) is 66.0 cm³/mol. The molecule has 0 aliphatic heterocycles. The number of nitrogens with one attached hydrogen (secondary N) is 1. The van der Waals surface area contributed by atoms with Crippen molar-refractivity contribution in [2.75, 3.05) is 11.1 Å². The maximum Gasteiger partial charge on any atom is 0.152 e. The van der Waals surface area contributed by atoms with Gasteiger partial charge in [0.25, 0.3) is 0 Å². The highest BCUT2D eigenvalue weighted by Gasteiger charge is 1.99. The molecule has 0 aliphatic rings. The fourth-order valence-electron chi connectivity index (χ4n) is 1.44. The van der Waals surface area contributed by atoms with Crippen LogP contribution in [0.3, 0.4) is 0 Å². The smallest absolute Gasteiger partial charge is 0.152 e. The minimum absolute atomic E-state index is 0.494. The number of para-hydroxylation sites is 1. The van der Waals surface area contributed by atoms with Gasteiger partial charge in [0, 0.05) is 22.6 Å². The number of hydrogen-bond donors (Lipinski definition) is 2. The molecule has 0 bridgehead atoms. The molecule has 0 heterocycles. The Hall–Kier alpha value is -2.29. The number of nitrogen functional groups attached to an aromatic ring is 1. The lowest BCUT2D eigenvalue weighted by molar-refractivity contribution is 0.112. The summed E-state index contributed by atoms with van der Waals surface area (Å²) in [5.41, 5.74) is 8.45. The number of hydrogen-bond acceptors (Lipinski definition) is 3. The molecule has 0 saturated carbocycles. The van der Waals surface area contributed by atoms with Gasteiger partial charge in [0.2, 0.25) is 0 Å². The first-order valence-corrected chi connectivity index (χ1v) is 4.96. The van der Waals surface area contributed by atoms with Crippen LogP contribution in [0, 0.1) is 0 Å². The number of carbonyl (C=O) groups excluding carboxylic acids is 1. The number of aldehydes is 1. The van der Waals surface area contributed by atoms with Crippen LogP contribution in [-0.2, 0) is 0 Å². The van der Waals surface area contributed by atoms with Crippen LogP contribution in [0.25, 0.3) is 0 Å². The molecule has 3 nitrogen and oxygen atoms in total. The molecule has 3 N–H and O–H groups in total. The number of benzene rings is 2. The normalized spacial score (nSPS) is 9.75. The van der Waals surface area contributed by atoms with E-state index < -0.39 is 0 Å². The second kappa shape index (κ2) is 4.49. The van der Waals surface area contributed by atoms with Crippen molar-refractivity contribution >= 4 is 23.3 Å². The SMILES string of the molecule is Nc1ccc(Nc2ccccc2)cc1C=O. The van der Waals surface area contributed by atoms with E-state index in [1.807, 2.05) is 36.4 Å². The van der Waals surface area contributed by atoms with Gasteiger partial charge in [-0.05, 0) is 30.3 Å². The molecule has 0 fully saturated rings. The number of anilines is 3. The van der Waals surface area contributed by atoms with Crippen molar-refractivity contribution in [3.63, 3.8) is 0 Å². The van der Waals surface area contributed by atoms with Gasteiger partial charge in [-0.2, -0.15) is 0 Å². The molecular weight excluding hydrogens is 200 g/mol. The molecule has 0 saturated heterocycles. The van der Waals surface area contributed by atoms with E-state index in [0.717, 1.165) is 17.7 Å². The van der Waals surface area contributed by atoms with Crippen LogP contribution < -0.4 is 11.1 Å². The lowest BCUT2D eigenvalue weighted by Gasteiger charge is -2.07. The van der Waals surface area contributed by atoms with Crippen LogP contribution in [0.2, 0.25) is 0 Å². The predicted octanol–water partition coefficient (Wildman–Crippen LogP) is 2.82. The van der Waals surface area contributed by atoms with Crippen molar-refractivity contribution in [3.05, 3.63) is 54.1 Å². The van der Waals surface area contributed by atoms with Crippen LogP contribution >= 0.6 is 0 Å². The maximum atomic E-state index is 10.7. The summed E-state index contributed by atoms with van der Waals surface area (Å²) < 4.78 is 0. The second-order valence-corrected chi connectivity index (χ2v) is 3.45.